The van der Waals surface area contributed by atoms with Gasteiger partial charge in [-0.15, -0.1) is 0 Å². The first-order valence-electron chi connectivity index (χ1n) is 12.4. The van der Waals surface area contributed by atoms with Gasteiger partial charge in [-0.1, -0.05) is 25.0 Å². The zero-order valence-corrected chi connectivity index (χ0v) is 20.0. The summed E-state index contributed by atoms with van der Waals surface area (Å²) in [5, 5.41) is 16.5. The first-order valence-corrected chi connectivity index (χ1v) is 12.4. The number of nitrogens with zero attached hydrogens (tertiary/aromatic N) is 4. The number of fused-ring (bicyclic) bond motifs is 1. The van der Waals surface area contributed by atoms with Gasteiger partial charge in [-0.05, 0) is 62.8 Å². The molecule has 1 aromatic carbocycles. The van der Waals surface area contributed by atoms with Crippen LogP contribution in [0, 0.1) is 5.92 Å². The number of nitrogens with one attached hydrogen (secondary N) is 2. The van der Waals surface area contributed by atoms with Gasteiger partial charge in [0.1, 0.15) is 11.3 Å². The summed E-state index contributed by atoms with van der Waals surface area (Å²) in [6, 6.07) is 5.07. The van der Waals surface area contributed by atoms with Crippen LogP contribution in [0.3, 0.4) is 0 Å². The Labute approximate surface area is 206 Å². The number of alkyl halides is 3. The molecule has 1 saturated carbocycles. The van der Waals surface area contributed by atoms with Crippen LogP contribution in [0.4, 0.5) is 19.0 Å². The van der Waals surface area contributed by atoms with E-state index in [9.17, 15) is 23.1 Å². The number of rotatable bonds is 7. The molecule has 192 valence electrons. The molecule has 1 aliphatic carbocycles. The first kappa shape index (κ1) is 24.5. The maximum atomic E-state index is 13.1. The molecule has 3 aromatic rings. The number of aromatic nitrogens is 4. The third-order valence-corrected chi connectivity index (χ3v) is 7.29. The molecule has 1 saturated heterocycles. The number of aromatic carboxylic acids is 1. The summed E-state index contributed by atoms with van der Waals surface area (Å²) in [5.74, 6) is -0.0489. The minimum absolute atomic E-state index is 0.0733. The number of hydrogen-bond donors (Lipinski definition) is 3. The van der Waals surface area contributed by atoms with Crippen LogP contribution < -0.4 is 10.6 Å². The van der Waals surface area contributed by atoms with Crippen molar-refractivity contribution in [1.82, 2.24) is 24.8 Å². The third-order valence-electron chi connectivity index (χ3n) is 7.29. The smallest absolute Gasteiger partial charge is 0.416 e. The van der Waals surface area contributed by atoms with Gasteiger partial charge < -0.3 is 20.3 Å². The molecule has 1 unspecified atom stereocenters. The number of piperidine rings is 1. The van der Waals surface area contributed by atoms with E-state index in [-0.39, 0.29) is 30.1 Å². The standard InChI is InChI=1S/C25H29F3N6O2/c1-14(16-5-4-6-16)30-20-19-21(32-22(31-20)24(35)36)33-23(18-7-2-3-12-29-18)34(19)13-15-8-10-17(11-9-15)25(26,27)28/h8-11,14,16,18,29H,2-7,12-13H2,1H3,(H,35,36)(H,30,31,32)/t14-,18?/m1/s1. The summed E-state index contributed by atoms with van der Waals surface area (Å²) >= 11 is 0. The molecule has 0 radical (unpaired) electrons. The van der Waals surface area contributed by atoms with Crippen LogP contribution in [0.25, 0.3) is 11.2 Å². The molecule has 3 N–H and O–H groups in total. The molecule has 0 bridgehead atoms. The highest BCUT2D eigenvalue weighted by Crippen LogP contribution is 2.34. The monoisotopic (exact) mass is 502 g/mol. The van der Waals surface area contributed by atoms with Gasteiger partial charge in [-0.25, -0.2) is 19.7 Å². The van der Waals surface area contributed by atoms with E-state index >= 15 is 0 Å². The third kappa shape index (κ3) is 4.88. The van der Waals surface area contributed by atoms with Crippen molar-refractivity contribution in [2.45, 2.75) is 70.3 Å². The van der Waals surface area contributed by atoms with Gasteiger partial charge in [-0.3, -0.25) is 0 Å². The lowest BCUT2D eigenvalue weighted by molar-refractivity contribution is -0.137. The van der Waals surface area contributed by atoms with Crippen molar-refractivity contribution in [3.63, 3.8) is 0 Å². The minimum Gasteiger partial charge on any atom is -0.475 e. The average molecular weight is 503 g/mol. The number of anilines is 1. The Hall–Kier alpha value is -3.21. The molecule has 1 aliphatic heterocycles. The Morgan fingerprint density at radius 3 is 2.47 bits per heavy atom. The van der Waals surface area contributed by atoms with Gasteiger partial charge in [0.15, 0.2) is 11.5 Å². The van der Waals surface area contributed by atoms with Gasteiger partial charge in [0.25, 0.3) is 0 Å². The Balaban J connectivity index is 1.61. The zero-order valence-electron chi connectivity index (χ0n) is 20.0. The highest BCUT2D eigenvalue weighted by Gasteiger charge is 2.31. The maximum Gasteiger partial charge on any atom is 0.416 e. The highest BCUT2D eigenvalue weighted by molar-refractivity contribution is 5.90. The lowest BCUT2D eigenvalue weighted by Crippen LogP contribution is -2.32. The molecule has 0 spiro atoms. The second kappa shape index (κ2) is 9.68. The molecule has 2 fully saturated rings. The van der Waals surface area contributed by atoms with E-state index in [1.165, 1.54) is 18.6 Å². The van der Waals surface area contributed by atoms with E-state index < -0.39 is 17.7 Å². The number of carboxylic acids is 1. The molecule has 2 atom stereocenters. The Kier molecular flexibility index (Phi) is 6.59. The summed E-state index contributed by atoms with van der Waals surface area (Å²) in [6.45, 7) is 3.13. The van der Waals surface area contributed by atoms with Crippen molar-refractivity contribution in [1.29, 1.82) is 0 Å². The minimum atomic E-state index is -4.41. The number of benzene rings is 1. The van der Waals surface area contributed by atoms with Crippen LogP contribution in [-0.4, -0.2) is 43.2 Å². The van der Waals surface area contributed by atoms with Crippen molar-refractivity contribution in [2.24, 2.45) is 5.92 Å². The predicted octanol–water partition coefficient (Wildman–Crippen LogP) is 5.01. The number of hydrogen-bond acceptors (Lipinski definition) is 6. The lowest BCUT2D eigenvalue weighted by Gasteiger charge is -2.32. The topological polar surface area (TPSA) is 105 Å². The first-order chi connectivity index (χ1) is 17.2. The quantitative estimate of drug-likeness (QED) is 0.417. The van der Waals surface area contributed by atoms with Gasteiger partial charge >= 0.3 is 12.1 Å². The fourth-order valence-corrected chi connectivity index (χ4v) is 5.00. The van der Waals surface area contributed by atoms with Crippen LogP contribution in [0.5, 0.6) is 0 Å². The summed E-state index contributed by atoms with van der Waals surface area (Å²) in [7, 11) is 0. The SMILES string of the molecule is C[C@@H](Nc1nc(C(=O)O)nc2nc(C3CCCCN3)n(Cc3ccc(C(F)(F)F)cc3)c12)C1CCC1. The Bertz CT molecular complexity index is 1250. The van der Waals surface area contributed by atoms with Crippen molar-refractivity contribution in [3.05, 3.63) is 47.0 Å². The molecular formula is C25H29F3N6O2. The second-order valence-corrected chi connectivity index (χ2v) is 9.75. The zero-order chi connectivity index (χ0) is 25.4. The summed E-state index contributed by atoms with van der Waals surface area (Å²) in [6.07, 6.45) is 1.84. The molecule has 2 aromatic heterocycles. The molecule has 5 rings (SSSR count). The van der Waals surface area contributed by atoms with Gasteiger partial charge in [-0.2, -0.15) is 13.2 Å². The van der Waals surface area contributed by atoms with E-state index in [4.69, 9.17) is 4.98 Å². The van der Waals surface area contributed by atoms with E-state index in [0.717, 1.165) is 50.8 Å². The van der Waals surface area contributed by atoms with Crippen molar-refractivity contribution < 1.29 is 23.1 Å². The van der Waals surface area contributed by atoms with Crippen LogP contribution in [0.1, 0.15) is 79.1 Å². The van der Waals surface area contributed by atoms with Crippen LogP contribution >= 0.6 is 0 Å². The van der Waals surface area contributed by atoms with E-state index in [1.807, 2.05) is 4.57 Å². The molecule has 2 aliphatic rings. The summed E-state index contributed by atoms with van der Waals surface area (Å²) in [4.78, 5) is 25.1. The van der Waals surface area contributed by atoms with Crippen molar-refractivity contribution in [2.75, 3.05) is 11.9 Å². The van der Waals surface area contributed by atoms with Gasteiger partial charge in [0.05, 0.1) is 11.6 Å². The van der Waals surface area contributed by atoms with Crippen LogP contribution in [-0.2, 0) is 12.7 Å². The molecule has 0 amide bonds. The van der Waals surface area contributed by atoms with E-state index in [0.29, 0.717) is 28.6 Å². The fourth-order valence-electron chi connectivity index (χ4n) is 5.00. The summed E-state index contributed by atoms with van der Waals surface area (Å²) in [5.41, 5.74) is 0.787. The lowest BCUT2D eigenvalue weighted by atomic mass is 9.80. The molecule has 3 heterocycles. The second-order valence-electron chi connectivity index (χ2n) is 9.75. The summed E-state index contributed by atoms with van der Waals surface area (Å²) < 4.78 is 41.2. The van der Waals surface area contributed by atoms with E-state index in [2.05, 4.69) is 27.5 Å². The van der Waals surface area contributed by atoms with Gasteiger partial charge in [0, 0.05) is 12.6 Å². The molecular weight excluding hydrogens is 473 g/mol. The number of imidazole rings is 1. The number of carbonyl (C=O) groups is 1. The average Bonchev–Trinajstić information content (AvgIpc) is 3.16. The van der Waals surface area contributed by atoms with Gasteiger partial charge in [0.2, 0.25) is 5.82 Å². The molecule has 11 heteroatoms. The number of carboxylic acid groups (broad SMARTS) is 1. The van der Waals surface area contributed by atoms with Crippen LogP contribution in [0.2, 0.25) is 0 Å². The highest BCUT2D eigenvalue weighted by atomic mass is 19.4. The Morgan fingerprint density at radius 1 is 1.14 bits per heavy atom. The maximum absolute atomic E-state index is 13.1. The molecule has 36 heavy (non-hydrogen) atoms. The van der Waals surface area contributed by atoms with Crippen LogP contribution in [0.15, 0.2) is 24.3 Å². The van der Waals surface area contributed by atoms with E-state index in [1.54, 1.807) is 0 Å². The fraction of sp³-hybridized carbons (Fsp3) is 0.520. The Morgan fingerprint density at radius 2 is 1.89 bits per heavy atom. The normalized spacial score (nSPS) is 19.7. The molecule has 8 nitrogen and oxygen atoms in total. The van der Waals surface area contributed by atoms with Crippen molar-refractivity contribution in [3.8, 4) is 0 Å². The van der Waals surface area contributed by atoms with Crippen molar-refractivity contribution >= 4 is 23.0 Å². The largest absolute Gasteiger partial charge is 0.475 e. The number of halogens is 3. The predicted molar refractivity (Wildman–Crippen MR) is 128 cm³/mol.